The summed E-state index contributed by atoms with van der Waals surface area (Å²) in [6.45, 7) is 12.7. The Kier molecular flexibility index (Phi) is 7.38. The molecule has 0 saturated carbocycles. The van der Waals surface area contributed by atoms with Gasteiger partial charge in [-0.05, 0) is 58.1 Å². The van der Waals surface area contributed by atoms with Gasteiger partial charge in [0.05, 0.1) is 4.90 Å². The Balaban J connectivity index is 2.69. The van der Waals surface area contributed by atoms with Crippen LogP contribution < -0.4 is 10.0 Å². The predicted octanol–water partition coefficient (Wildman–Crippen LogP) is 1.83. The molecule has 0 spiro atoms. The summed E-state index contributed by atoms with van der Waals surface area (Å²) in [4.78, 5) is 14.5. The van der Waals surface area contributed by atoms with Gasteiger partial charge in [-0.1, -0.05) is 13.8 Å². The fourth-order valence-corrected chi connectivity index (χ4v) is 3.64. The molecule has 1 aromatic carbocycles. The largest absolute Gasteiger partial charge is 0.351 e. The lowest BCUT2D eigenvalue weighted by molar-refractivity contribution is 0.0949. The summed E-state index contributed by atoms with van der Waals surface area (Å²) >= 11 is 0. The SMILES string of the molecule is CCN(CC)CCNC(=O)c1ccc(S(=O)(=O)NC(C)(C)C)cc1. The molecule has 0 atom stereocenters. The van der Waals surface area contributed by atoms with Gasteiger partial charge in [-0.3, -0.25) is 4.79 Å². The Labute approximate surface area is 145 Å². The Bertz CT molecular complexity index is 630. The summed E-state index contributed by atoms with van der Waals surface area (Å²) in [5.41, 5.74) is -0.108. The number of carbonyl (C=O) groups excluding carboxylic acids is 1. The Hall–Kier alpha value is -1.44. The third kappa shape index (κ3) is 6.59. The monoisotopic (exact) mass is 355 g/mol. The van der Waals surface area contributed by atoms with Gasteiger partial charge in [0.15, 0.2) is 0 Å². The van der Waals surface area contributed by atoms with E-state index in [4.69, 9.17) is 0 Å². The average molecular weight is 356 g/mol. The number of likely N-dealkylation sites (N-methyl/N-ethyl adjacent to an activating group) is 1. The van der Waals surface area contributed by atoms with Gasteiger partial charge in [0.25, 0.3) is 5.91 Å². The number of amides is 1. The number of benzene rings is 1. The van der Waals surface area contributed by atoms with Gasteiger partial charge in [-0.25, -0.2) is 13.1 Å². The highest BCUT2D eigenvalue weighted by Gasteiger charge is 2.22. The molecule has 0 saturated heterocycles. The van der Waals surface area contributed by atoms with Gasteiger partial charge in [0, 0.05) is 24.2 Å². The molecule has 0 aromatic heterocycles. The van der Waals surface area contributed by atoms with Crippen LogP contribution in [0.1, 0.15) is 45.0 Å². The molecule has 1 aromatic rings. The van der Waals surface area contributed by atoms with Crippen LogP contribution in [-0.2, 0) is 10.0 Å². The van der Waals surface area contributed by atoms with Crippen molar-refractivity contribution in [3.8, 4) is 0 Å². The minimum atomic E-state index is -3.58. The quantitative estimate of drug-likeness (QED) is 0.746. The van der Waals surface area contributed by atoms with E-state index >= 15 is 0 Å². The Morgan fingerprint density at radius 1 is 1.08 bits per heavy atom. The predicted molar refractivity (Wildman–Crippen MR) is 96.6 cm³/mol. The molecule has 2 N–H and O–H groups in total. The van der Waals surface area contributed by atoms with Crippen LogP contribution in [0.5, 0.6) is 0 Å². The van der Waals surface area contributed by atoms with E-state index in [1.54, 1.807) is 20.8 Å². The number of nitrogens with zero attached hydrogens (tertiary/aromatic N) is 1. The maximum absolute atomic E-state index is 12.2. The highest BCUT2D eigenvalue weighted by Crippen LogP contribution is 2.13. The van der Waals surface area contributed by atoms with Crippen molar-refractivity contribution < 1.29 is 13.2 Å². The average Bonchev–Trinajstić information content (AvgIpc) is 2.49. The van der Waals surface area contributed by atoms with Crippen LogP contribution in [0.15, 0.2) is 29.2 Å². The van der Waals surface area contributed by atoms with Crippen LogP contribution in [0.2, 0.25) is 0 Å². The molecule has 0 heterocycles. The van der Waals surface area contributed by atoms with Crippen LogP contribution in [0, 0.1) is 0 Å². The van der Waals surface area contributed by atoms with Gasteiger partial charge in [0.2, 0.25) is 10.0 Å². The van der Waals surface area contributed by atoms with E-state index in [-0.39, 0.29) is 10.8 Å². The number of nitrogens with one attached hydrogen (secondary N) is 2. The fourth-order valence-electron chi connectivity index (χ4n) is 2.22. The molecule has 7 heteroatoms. The number of hydrogen-bond acceptors (Lipinski definition) is 4. The lowest BCUT2D eigenvalue weighted by Crippen LogP contribution is -2.40. The molecular weight excluding hydrogens is 326 g/mol. The van der Waals surface area contributed by atoms with E-state index < -0.39 is 15.6 Å². The minimum Gasteiger partial charge on any atom is -0.351 e. The van der Waals surface area contributed by atoms with Crippen molar-refractivity contribution in [2.75, 3.05) is 26.2 Å². The molecule has 0 radical (unpaired) electrons. The van der Waals surface area contributed by atoms with Crippen LogP contribution in [-0.4, -0.2) is 50.9 Å². The van der Waals surface area contributed by atoms with E-state index in [0.29, 0.717) is 12.1 Å². The van der Waals surface area contributed by atoms with Crippen LogP contribution in [0.25, 0.3) is 0 Å². The third-order valence-corrected chi connectivity index (χ3v) is 5.25. The summed E-state index contributed by atoms with van der Waals surface area (Å²) in [6, 6.07) is 5.97. The lowest BCUT2D eigenvalue weighted by Gasteiger charge is -2.20. The van der Waals surface area contributed by atoms with Crippen LogP contribution in [0.3, 0.4) is 0 Å². The molecule has 0 aliphatic carbocycles. The number of sulfonamides is 1. The summed E-state index contributed by atoms with van der Waals surface area (Å²) < 4.78 is 27.0. The van der Waals surface area contributed by atoms with Crippen molar-refractivity contribution in [1.29, 1.82) is 0 Å². The third-order valence-electron chi connectivity index (χ3n) is 3.48. The second-order valence-electron chi connectivity index (χ2n) is 6.66. The standard InChI is InChI=1S/C17H29N3O3S/c1-6-20(7-2)13-12-18-16(21)14-8-10-15(11-9-14)24(22,23)19-17(3,4)5/h8-11,19H,6-7,12-13H2,1-5H3,(H,18,21). The maximum atomic E-state index is 12.2. The maximum Gasteiger partial charge on any atom is 0.251 e. The normalized spacial score (nSPS) is 12.4. The summed E-state index contributed by atoms with van der Waals surface area (Å²) in [6.07, 6.45) is 0. The van der Waals surface area contributed by atoms with Gasteiger partial charge in [-0.2, -0.15) is 0 Å². The molecule has 0 aliphatic rings. The van der Waals surface area contributed by atoms with E-state index in [1.807, 2.05) is 0 Å². The Morgan fingerprint density at radius 2 is 1.62 bits per heavy atom. The van der Waals surface area contributed by atoms with Crippen molar-refractivity contribution in [3.63, 3.8) is 0 Å². The smallest absolute Gasteiger partial charge is 0.251 e. The molecule has 0 bridgehead atoms. The van der Waals surface area contributed by atoms with Gasteiger partial charge >= 0.3 is 0 Å². The number of hydrogen-bond donors (Lipinski definition) is 2. The zero-order chi connectivity index (χ0) is 18.4. The van der Waals surface area contributed by atoms with Crippen molar-refractivity contribution in [3.05, 3.63) is 29.8 Å². The molecule has 6 nitrogen and oxygen atoms in total. The molecule has 1 amide bonds. The highest BCUT2D eigenvalue weighted by molar-refractivity contribution is 7.89. The van der Waals surface area contributed by atoms with Crippen LogP contribution >= 0.6 is 0 Å². The van der Waals surface area contributed by atoms with Gasteiger partial charge in [-0.15, -0.1) is 0 Å². The number of rotatable bonds is 8. The first kappa shape index (κ1) is 20.6. The van der Waals surface area contributed by atoms with Crippen LogP contribution in [0.4, 0.5) is 0 Å². The molecule has 24 heavy (non-hydrogen) atoms. The van der Waals surface area contributed by atoms with E-state index in [2.05, 4.69) is 28.8 Å². The van der Waals surface area contributed by atoms with Crippen molar-refractivity contribution in [2.45, 2.75) is 45.1 Å². The first-order valence-corrected chi connectivity index (χ1v) is 9.72. The first-order valence-electron chi connectivity index (χ1n) is 8.23. The zero-order valence-electron chi connectivity index (χ0n) is 15.2. The molecule has 1 rings (SSSR count). The van der Waals surface area contributed by atoms with Gasteiger partial charge < -0.3 is 10.2 Å². The van der Waals surface area contributed by atoms with Crippen molar-refractivity contribution in [2.24, 2.45) is 0 Å². The number of carbonyl (C=O) groups is 1. The summed E-state index contributed by atoms with van der Waals surface area (Å²) in [5.74, 6) is -0.199. The molecular formula is C17H29N3O3S. The Morgan fingerprint density at radius 3 is 2.08 bits per heavy atom. The minimum absolute atomic E-state index is 0.150. The summed E-state index contributed by atoms with van der Waals surface area (Å²) in [7, 11) is -3.58. The topological polar surface area (TPSA) is 78.5 Å². The van der Waals surface area contributed by atoms with E-state index in [9.17, 15) is 13.2 Å². The zero-order valence-corrected chi connectivity index (χ0v) is 16.0. The van der Waals surface area contributed by atoms with Crippen molar-refractivity contribution >= 4 is 15.9 Å². The second kappa shape index (κ2) is 8.60. The fraction of sp³-hybridized carbons (Fsp3) is 0.588. The van der Waals surface area contributed by atoms with Gasteiger partial charge in [0.1, 0.15) is 0 Å². The summed E-state index contributed by atoms with van der Waals surface area (Å²) in [5, 5.41) is 2.85. The lowest BCUT2D eigenvalue weighted by atomic mass is 10.1. The first-order chi connectivity index (χ1) is 11.1. The molecule has 136 valence electrons. The molecule has 0 aliphatic heterocycles. The van der Waals surface area contributed by atoms with Crippen molar-refractivity contribution in [1.82, 2.24) is 14.9 Å². The molecule has 0 fully saturated rings. The van der Waals surface area contributed by atoms with E-state index in [1.165, 1.54) is 24.3 Å². The highest BCUT2D eigenvalue weighted by atomic mass is 32.2. The second-order valence-corrected chi connectivity index (χ2v) is 8.35. The van der Waals surface area contributed by atoms with E-state index in [0.717, 1.165) is 19.6 Å². The molecule has 0 unspecified atom stereocenters.